The number of urea groups is 1. The molecule has 0 aromatic heterocycles. The van der Waals surface area contributed by atoms with Gasteiger partial charge in [-0.25, -0.2) is 9.69 Å². The van der Waals surface area contributed by atoms with E-state index in [0.717, 1.165) is 20.5 Å². The van der Waals surface area contributed by atoms with Crippen molar-refractivity contribution in [1.29, 1.82) is 0 Å². The van der Waals surface area contributed by atoms with Gasteiger partial charge in [0, 0.05) is 21.5 Å². The average molecular weight is 609 g/mol. The summed E-state index contributed by atoms with van der Waals surface area (Å²) in [7, 11) is 0. The monoisotopic (exact) mass is 606 g/mol. The summed E-state index contributed by atoms with van der Waals surface area (Å²) in [5.74, 6) is -1.12. The molecule has 36 heavy (non-hydrogen) atoms. The van der Waals surface area contributed by atoms with E-state index < -0.39 is 17.8 Å². The summed E-state index contributed by atoms with van der Waals surface area (Å²) in [6.07, 6.45) is 1.87. The molecule has 4 rings (SSSR count). The molecule has 10 heteroatoms. The highest BCUT2D eigenvalue weighted by Crippen LogP contribution is 2.34. The normalized spacial score (nSPS) is 14.9. The van der Waals surface area contributed by atoms with Crippen LogP contribution >= 0.6 is 50.7 Å². The van der Waals surface area contributed by atoms with Gasteiger partial charge >= 0.3 is 6.03 Å². The summed E-state index contributed by atoms with van der Waals surface area (Å²) < 4.78 is 6.78. The number of rotatable bonds is 6. The predicted molar refractivity (Wildman–Crippen MR) is 145 cm³/mol. The van der Waals surface area contributed by atoms with Gasteiger partial charge in [-0.15, -0.1) is 0 Å². The molecular weight excluding hydrogens is 591 g/mol. The summed E-state index contributed by atoms with van der Waals surface area (Å²) in [6.45, 7) is 2.23. The molecule has 3 aromatic rings. The van der Waals surface area contributed by atoms with Gasteiger partial charge in [0.15, 0.2) is 0 Å². The number of halogens is 4. The van der Waals surface area contributed by atoms with Crippen molar-refractivity contribution in [2.24, 2.45) is 0 Å². The topological polar surface area (TPSA) is 75.7 Å². The van der Waals surface area contributed by atoms with Crippen LogP contribution < -0.4 is 15.0 Å². The summed E-state index contributed by atoms with van der Waals surface area (Å²) in [5.41, 5.74) is 2.16. The van der Waals surface area contributed by atoms with Gasteiger partial charge in [0.05, 0.1) is 22.3 Å². The number of amides is 4. The molecule has 0 aliphatic carbocycles. The zero-order valence-corrected chi connectivity index (χ0v) is 22.6. The summed E-state index contributed by atoms with van der Waals surface area (Å²) in [5, 5.41) is 3.01. The zero-order chi connectivity index (χ0) is 26.0. The van der Waals surface area contributed by atoms with E-state index in [1.165, 1.54) is 24.3 Å². The van der Waals surface area contributed by atoms with E-state index in [1.54, 1.807) is 12.1 Å². The fourth-order valence-electron chi connectivity index (χ4n) is 3.69. The highest BCUT2D eigenvalue weighted by atomic mass is 79.9. The Morgan fingerprint density at radius 2 is 1.72 bits per heavy atom. The molecule has 0 spiro atoms. The van der Waals surface area contributed by atoms with E-state index in [2.05, 4.69) is 21.2 Å². The van der Waals surface area contributed by atoms with Gasteiger partial charge in [-0.3, -0.25) is 14.9 Å². The lowest BCUT2D eigenvalue weighted by Gasteiger charge is -2.26. The number of barbiturate groups is 1. The number of anilines is 1. The molecule has 0 atom stereocenters. The minimum absolute atomic E-state index is 0.158. The molecule has 0 radical (unpaired) electrons. The van der Waals surface area contributed by atoms with E-state index in [4.69, 9.17) is 39.5 Å². The van der Waals surface area contributed by atoms with Crippen LogP contribution in [0.4, 0.5) is 10.5 Å². The van der Waals surface area contributed by atoms with Crippen molar-refractivity contribution in [2.45, 2.75) is 13.3 Å². The highest BCUT2D eigenvalue weighted by molar-refractivity contribution is 9.10. The van der Waals surface area contributed by atoms with E-state index >= 15 is 0 Å². The second kappa shape index (κ2) is 11.0. The van der Waals surface area contributed by atoms with Crippen LogP contribution in [0.1, 0.15) is 23.6 Å². The van der Waals surface area contributed by atoms with Crippen LogP contribution in [0.25, 0.3) is 6.08 Å². The molecule has 1 heterocycles. The standard InChI is InChI=1S/C26H18BrCl3N2O4/c1-2-36-23-11-14(10-21(29)17(23)12-15-5-3-4-6-19(15)27)9-18-24(33)31-26(35)32(25(18)34)16-7-8-20(28)22(30)13-16/h3-11,13H,2,12H2,1H3,(H,31,33,35)/b18-9+. The molecule has 4 amide bonds. The Morgan fingerprint density at radius 1 is 0.972 bits per heavy atom. The third-order valence-corrected chi connectivity index (χ3v) is 7.23. The van der Waals surface area contributed by atoms with Gasteiger partial charge in [0.1, 0.15) is 11.3 Å². The number of hydrogen-bond donors (Lipinski definition) is 1. The highest BCUT2D eigenvalue weighted by Gasteiger charge is 2.37. The number of ether oxygens (including phenoxy) is 1. The molecule has 3 aromatic carbocycles. The number of imide groups is 2. The Morgan fingerprint density at radius 3 is 2.42 bits per heavy atom. The number of benzene rings is 3. The Bertz CT molecular complexity index is 1420. The van der Waals surface area contributed by atoms with Crippen molar-refractivity contribution in [3.8, 4) is 5.75 Å². The van der Waals surface area contributed by atoms with Crippen molar-refractivity contribution in [1.82, 2.24) is 5.32 Å². The van der Waals surface area contributed by atoms with Crippen molar-refractivity contribution < 1.29 is 19.1 Å². The lowest BCUT2D eigenvalue weighted by molar-refractivity contribution is -0.122. The number of carbonyl (C=O) groups is 3. The molecule has 6 nitrogen and oxygen atoms in total. The van der Waals surface area contributed by atoms with Gasteiger partial charge < -0.3 is 4.74 Å². The summed E-state index contributed by atoms with van der Waals surface area (Å²) in [6, 6.07) is 14.5. The minimum atomic E-state index is -0.891. The first kappa shape index (κ1) is 26.2. The largest absolute Gasteiger partial charge is 0.494 e. The second-order valence-corrected chi connectivity index (χ2v) is 9.81. The fraction of sp³-hybridized carbons (Fsp3) is 0.115. The summed E-state index contributed by atoms with van der Waals surface area (Å²) in [4.78, 5) is 39.1. The van der Waals surface area contributed by atoms with Crippen LogP contribution in [-0.4, -0.2) is 24.5 Å². The van der Waals surface area contributed by atoms with Gasteiger partial charge in [-0.1, -0.05) is 68.9 Å². The van der Waals surface area contributed by atoms with Crippen LogP contribution in [0.2, 0.25) is 15.1 Å². The maximum Gasteiger partial charge on any atom is 0.335 e. The van der Waals surface area contributed by atoms with E-state index in [9.17, 15) is 14.4 Å². The zero-order valence-electron chi connectivity index (χ0n) is 18.8. The van der Waals surface area contributed by atoms with Crippen molar-refractivity contribution in [3.05, 3.63) is 96.4 Å². The Kier molecular flexibility index (Phi) is 8.05. The van der Waals surface area contributed by atoms with Gasteiger partial charge in [-0.05, 0) is 60.5 Å². The number of nitrogens with zero attached hydrogens (tertiary/aromatic N) is 1. The predicted octanol–water partition coefficient (Wildman–Crippen LogP) is 7.07. The minimum Gasteiger partial charge on any atom is -0.494 e. The third-order valence-electron chi connectivity index (χ3n) is 5.38. The third kappa shape index (κ3) is 5.44. The maximum atomic E-state index is 13.2. The lowest BCUT2D eigenvalue weighted by Crippen LogP contribution is -2.54. The Hall–Kier alpha value is -2.84. The molecule has 0 bridgehead atoms. The summed E-state index contributed by atoms with van der Waals surface area (Å²) >= 11 is 22.2. The molecule has 0 unspecified atom stereocenters. The van der Waals surface area contributed by atoms with Gasteiger partial charge in [0.25, 0.3) is 11.8 Å². The molecule has 1 N–H and O–H groups in total. The van der Waals surface area contributed by atoms with E-state index in [-0.39, 0.29) is 21.3 Å². The first-order valence-electron chi connectivity index (χ1n) is 10.7. The van der Waals surface area contributed by atoms with Gasteiger partial charge in [0.2, 0.25) is 0 Å². The Labute approximate surface area is 230 Å². The maximum absolute atomic E-state index is 13.2. The first-order valence-corrected chi connectivity index (χ1v) is 12.7. The van der Waals surface area contributed by atoms with Gasteiger partial charge in [-0.2, -0.15) is 0 Å². The second-order valence-electron chi connectivity index (χ2n) is 7.74. The van der Waals surface area contributed by atoms with E-state index in [0.29, 0.717) is 29.4 Å². The number of nitrogens with one attached hydrogen (secondary N) is 1. The van der Waals surface area contributed by atoms with E-state index in [1.807, 2.05) is 31.2 Å². The molecular formula is C26H18BrCl3N2O4. The van der Waals surface area contributed by atoms with Crippen LogP contribution in [0.15, 0.2) is 64.6 Å². The van der Waals surface area contributed by atoms with Crippen LogP contribution in [0.5, 0.6) is 5.75 Å². The number of carbonyl (C=O) groups excluding carboxylic acids is 3. The lowest BCUT2D eigenvalue weighted by atomic mass is 10.0. The smallest absolute Gasteiger partial charge is 0.335 e. The molecule has 1 saturated heterocycles. The SMILES string of the molecule is CCOc1cc(/C=C2\C(=O)NC(=O)N(c3ccc(Cl)c(Cl)c3)C2=O)cc(Cl)c1Cc1ccccc1Br. The number of hydrogen-bond acceptors (Lipinski definition) is 4. The molecule has 184 valence electrons. The fourth-order valence-corrected chi connectivity index (χ4v) is 4.69. The molecule has 0 saturated carbocycles. The molecule has 1 aliphatic rings. The van der Waals surface area contributed by atoms with Crippen LogP contribution in [0, 0.1) is 0 Å². The molecule has 1 fully saturated rings. The van der Waals surface area contributed by atoms with Crippen molar-refractivity contribution in [2.75, 3.05) is 11.5 Å². The average Bonchev–Trinajstić information content (AvgIpc) is 2.82. The van der Waals surface area contributed by atoms with Crippen molar-refractivity contribution in [3.63, 3.8) is 0 Å². The first-order chi connectivity index (χ1) is 17.2. The Balaban J connectivity index is 1.73. The van der Waals surface area contributed by atoms with Crippen LogP contribution in [-0.2, 0) is 16.0 Å². The quantitative estimate of drug-likeness (QED) is 0.240. The van der Waals surface area contributed by atoms with Crippen LogP contribution in [0.3, 0.4) is 0 Å². The molecule has 1 aliphatic heterocycles. The van der Waals surface area contributed by atoms with Crippen molar-refractivity contribution >= 4 is 80.3 Å².